The number of anilines is 2. The molecule has 3 rings (SSSR count). The maximum atomic E-state index is 12.3. The fraction of sp³-hybridized carbons (Fsp3) is 0.286. The van der Waals surface area contributed by atoms with Gasteiger partial charge < -0.3 is 5.73 Å². The Hall–Kier alpha value is -1.40. The number of nitrogens with zero attached hydrogens (tertiary/aromatic N) is 1. The van der Waals surface area contributed by atoms with Crippen molar-refractivity contribution >= 4 is 44.0 Å². The van der Waals surface area contributed by atoms with E-state index in [0.29, 0.717) is 22.3 Å². The first kappa shape index (κ1) is 13.6. The lowest BCUT2D eigenvalue weighted by atomic mass is 10.1. The predicted molar refractivity (Wildman–Crippen MR) is 85.3 cm³/mol. The molecule has 6 heteroatoms. The van der Waals surface area contributed by atoms with E-state index in [-0.39, 0.29) is 5.91 Å². The highest BCUT2D eigenvalue weighted by molar-refractivity contribution is 9.10. The molecule has 1 amide bonds. The average molecular weight is 352 g/mol. The van der Waals surface area contributed by atoms with E-state index in [1.807, 2.05) is 12.3 Å². The van der Waals surface area contributed by atoms with Gasteiger partial charge in [0, 0.05) is 27.0 Å². The van der Waals surface area contributed by atoms with Gasteiger partial charge in [0.25, 0.3) is 5.91 Å². The second-order valence-corrected chi connectivity index (χ2v) is 6.75. The van der Waals surface area contributed by atoms with E-state index >= 15 is 0 Å². The van der Waals surface area contributed by atoms with Crippen molar-refractivity contribution in [2.24, 2.45) is 0 Å². The zero-order valence-corrected chi connectivity index (χ0v) is 13.3. The summed E-state index contributed by atoms with van der Waals surface area (Å²) >= 11 is 4.83. The van der Waals surface area contributed by atoms with Crippen LogP contribution >= 0.6 is 27.3 Å². The summed E-state index contributed by atoms with van der Waals surface area (Å²) in [5.74, 6) is 0.423. The Morgan fingerprint density at radius 2 is 2.25 bits per heavy atom. The van der Waals surface area contributed by atoms with Crippen LogP contribution in [0.15, 0.2) is 22.0 Å². The van der Waals surface area contributed by atoms with Crippen molar-refractivity contribution in [3.8, 4) is 0 Å². The fourth-order valence-electron chi connectivity index (χ4n) is 2.01. The van der Waals surface area contributed by atoms with Crippen LogP contribution in [-0.2, 0) is 0 Å². The van der Waals surface area contributed by atoms with Crippen molar-refractivity contribution < 1.29 is 4.79 Å². The molecule has 0 atom stereocenters. The number of aromatic nitrogens is 1. The van der Waals surface area contributed by atoms with E-state index in [0.717, 1.165) is 15.7 Å². The number of thiazole rings is 1. The van der Waals surface area contributed by atoms with Crippen LogP contribution in [0.5, 0.6) is 0 Å². The third-order valence-corrected chi connectivity index (χ3v) is 4.63. The largest absolute Gasteiger partial charge is 0.398 e. The van der Waals surface area contributed by atoms with Gasteiger partial charge in [0.1, 0.15) is 0 Å². The lowest BCUT2D eigenvalue weighted by molar-refractivity contribution is 0.102. The van der Waals surface area contributed by atoms with Crippen LogP contribution in [-0.4, -0.2) is 10.9 Å². The Kier molecular flexibility index (Phi) is 3.52. The van der Waals surface area contributed by atoms with Crippen molar-refractivity contribution in [3.63, 3.8) is 0 Å². The number of nitrogen functional groups attached to an aromatic ring is 1. The van der Waals surface area contributed by atoms with E-state index in [2.05, 4.69) is 26.2 Å². The Bertz CT molecular complexity index is 679. The maximum Gasteiger partial charge on any atom is 0.257 e. The molecule has 4 nitrogen and oxygen atoms in total. The summed E-state index contributed by atoms with van der Waals surface area (Å²) in [6.45, 7) is 1.84. The summed E-state index contributed by atoms with van der Waals surface area (Å²) in [6.07, 6.45) is 2.41. The van der Waals surface area contributed by atoms with Gasteiger partial charge in [-0.3, -0.25) is 10.1 Å². The molecule has 1 fully saturated rings. The molecule has 1 saturated carbocycles. The molecule has 1 aromatic carbocycles. The van der Waals surface area contributed by atoms with E-state index in [1.165, 1.54) is 24.2 Å². The van der Waals surface area contributed by atoms with Gasteiger partial charge >= 0.3 is 0 Å². The Balaban J connectivity index is 1.81. The third kappa shape index (κ3) is 2.71. The van der Waals surface area contributed by atoms with E-state index in [9.17, 15) is 4.79 Å². The van der Waals surface area contributed by atoms with Crippen molar-refractivity contribution in [2.75, 3.05) is 11.1 Å². The van der Waals surface area contributed by atoms with Gasteiger partial charge in [-0.1, -0.05) is 15.9 Å². The van der Waals surface area contributed by atoms with Gasteiger partial charge in [-0.05, 0) is 37.5 Å². The molecule has 104 valence electrons. The number of amides is 1. The van der Waals surface area contributed by atoms with Gasteiger partial charge in [0.15, 0.2) is 5.13 Å². The highest BCUT2D eigenvalue weighted by atomic mass is 79.9. The molecule has 1 aromatic heterocycles. The summed E-state index contributed by atoms with van der Waals surface area (Å²) in [7, 11) is 0. The monoisotopic (exact) mass is 351 g/mol. The van der Waals surface area contributed by atoms with Gasteiger partial charge in [-0.15, -0.1) is 11.3 Å². The fourth-order valence-corrected chi connectivity index (χ4v) is 3.27. The molecule has 2 aromatic rings. The van der Waals surface area contributed by atoms with Crippen molar-refractivity contribution in [1.29, 1.82) is 0 Å². The quantitative estimate of drug-likeness (QED) is 0.823. The summed E-state index contributed by atoms with van der Waals surface area (Å²) < 4.78 is 0.795. The molecule has 3 N–H and O–H groups in total. The van der Waals surface area contributed by atoms with Crippen molar-refractivity contribution in [3.05, 3.63) is 38.8 Å². The summed E-state index contributed by atoms with van der Waals surface area (Å²) in [4.78, 5) is 16.8. The Morgan fingerprint density at radius 3 is 2.95 bits per heavy atom. The molecule has 20 heavy (non-hydrogen) atoms. The molecular weight excluding hydrogens is 338 g/mol. The first-order valence-corrected chi connectivity index (χ1v) is 8.04. The minimum atomic E-state index is -0.174. The van der Waals surface area contributed by atoms with Crippen LogP contribution in [0, 0.1) is 6.92 Å². The topological polar surface area (TPSA) is 68.0 Å². The van der Waals surface area contributed by atoms with Crippen LogP contribution < -0.4 is 11.1 Å². The summed E-state index contributed by atoms with van der Waals surface area (Å²) in [5, 5.41) is 5.52. The average Bonchev–Trinajstić information content (AvgIpc) is 3.15. The molecule has 0 aliphatic heterocycles. The minimum Gasteiger partial charge on any atom is -0.398 e. The van der Waals surface area contributed by atoms with Crippen LogP contribution in [0.3, 0.4) is 0 Å². The number of rotatable bonds is 3. The number of hydrogen-bond acceptors (Lipinski definition) is 4. The summed E-state index contributed by atoms with van der Waals surface area (Å²) in [6, 6.07) is 3.57. The normalized spacial score (nSPS) is 14.3. The zero-order valence-electron chi connectivity index (χ0n) is 10.9. The molecule has 0 unspecified atom stereocenters. The predicted octanol–water partition coefficient (Wildman–Crippen LogP) is 3.93. The second-order valence-electron chi connectivity index (χ2n) is 4.97. The van der Waals surface area contributed by atoms with Gasteiger partial charge in [-0.25, -0.2) is 4.98 Å². The number of carbonyl (C=O) groups is 1. The second kappa shape index (κ2) is 5.18. The lowest BCUT2D eigenvalue weighted by Gasteiger charge is -2.08. The standard InChI is InChI=1S/C14H14BrN3OS/c1-7-10(4-9(15)5-11(7)16)13(19)18-14-17-12(6-20-14)8-2-3-8/h4-6,8H,2-3,16H2,1H3,(H,17,18,19). The minimum absolute atomic E-state index is 0.174. The van der Waals surface area contributed by atoms with E-state index in [4.69, 9.17) is 5.73 Å². The zero-order chi connectivity index (χ0) is 14.3. The molecule has 1 aliphatic rings. The van der Waals surface area contributed by atoms with Gasteiger partial charge in [0.2, 0.25) is 0 Å². The van der Waals surface area contributed by atoms with Crippen LogP contribution in [0.4, 0.5) is 10.8 Å². The molecule has 0 bridgehead atoms. The van der Waals surface area contributed by atoms with E-state index < -0.39 is 0 Å². The number of carbonyl (C=O) groups excluding carboxylic acids is 1. The molecule has 1 aliphatic carbocycles. The summed E-state index contributed by atoms with van der Waals surface area (Å²) in [5.41, 5.74) is 8.93. The number of halogens is 1. The number of nitrogens with two attached hydrogens (primary N) is 1. The number of hydrogen-bond donors (Lipinski definition) is 2. The first-order chi connectivity index (χ1) is 9.54. The van der Waals surface area contributed by atoms with Crippen LogP contribution in [0.2, 0.25) is 0 Å². The smallest absolute Gasteiger partial charge is 0.257 e. The number of nitrogens with one attached hydrogen (secondary N) is 1. The molecule has 0 radical (unpaired) electrons. The van der Waals surface area contributed by atoms with Crippen LogP contribution in [0.1, 0.15) is 40.4 Å². The Labute approximate surface area is 129 Å². The van der Waals surface area contributed by atoms with E-state index in [1.54, 1.807) is 12.1 Å². The SMILES string of the molecule is Cc1c(N)cc(Br)cc1C(=O)Nc1nc(C2CC2)cs1. The molecule has 1 heterocycles. The van der Waals surface area contributed by atoms with Crippen molar-refractivity contribution in [1.82, 2.24) is 4.98 Å². The lowest BCUT2D eigenvalue weighted by Crippen LogP contribution is -2.14. The first-order valence-electron chi connectivity index (χ1n) is 6.37. The third-order valence-electron chi connectivity index (χ3n) is 3.40. The molecule has 0 spiro atoms. The highest BCUT2D eigenvalue weighted by Gasteiger charge is 2.26. The highest BCUT2D eigenvalue weighted by Crippen LogP contribution is 2.40. The Morgan fingerprint density at radius 1 is 1.50 bits per heavy atom. The van der Waals surface area contributed by atoms with Crippen molar-refractivity contribution in [2.45, 2.75) is 25.7 Å². The van der Waals surface area contributed by atoms with Crippen LogP contribution in [0.25, 0.3) is 0 Å². The van der Waals surface area contributed by atoms with Gasteiger partial charge in [0.05, 0.1) is 5.69 Å². The molecule has 0 saturated heterocycles. The maximum absolute atomic E-state index is 12.3. The number of benzene rings is 1. The van der Waals surface area contributed by atoms with Gasteiger partial charge in [-0.2, -0.15) is 0 Å². The molecular formula is C14H14BrN3OS.